The molecule has 0 unspecified atom stereocenters. The minimum Gasteiger partial charge on any atom is -0.351 e. The van der Waals surface area contributed by atoms with Crippen molar-refractivity contribution in [1.29, 1.82) is 0 Å². The second-order valence-corrected chi connectivity index (χ2v) is 4.26. The van der Waals surface area contributed by atoms with Gasteiger partial charge in [0.1, 0.15) is 5.69 Å². The van der Waals surface area contributed by atoms with Gasteiger partial charge in [-0.2, -0.15) is 0 Å². The van der Waals surface area contributed by atoms with Crippen molar-refractivity contribution in [3.8, 4) is 0 Å². The van der Waals surface area contributed by atoms with Crippen LogP contribution < -0.4 is 10.6 Å². The maximum absolute atomic E-state index is 12.1. The van der Waals surface area contributed by atoms with Crippen LogP contribution in [0.3, 0.4) is 0 Å². The number of benzene rings is 1. The third-order valence-corrected chi connectivity index (χ3v) is 2.60. The summed E-state index contributed by atoms with van der Waals surface area (Å²) in [6, 6.07) is 9.15. The Labute approximate surface area is 117 Å². The molecule has 0 aliphatic heterocycles. The van der Waals surface area contributed by atoms with Crippen LogP contribution in [-0.4, -0.2) is 22.4 Å². The second-order valence-electron chi connectivity index (χ2n) is 4.26. The van der Waals surface area contributed by atoms with Gasteiger partial charge in [-0.1, -0.05) is 23.8 Å². The average molecular weight is 268 g/mol. The minimum atomic E-state index is -0.266. The molecule has 5 nitrogen and oxygen atoms in total. The zero-order valence-corrected chi connectivity index (χ0v) is 11.3. The Kier molecular flexibility index (Phi) is 4.44. The van der Waals surface area contributed by atoms with Crippen LogP contribution in [0.5, 0.6) is 0 Å². The molecular formula is C15H16N4O. The third-order valence-electron chi connectivity index (χ3n) is 2.60. The molecule has 0 bridgehead atoms. The lowest BCUT2D eigenvalue weighted by Crippen LogP contribution is -2.15. The Morgan fingerprint density at radius 2 is 2.05 bits per heavy atom. The number of amides is 1. The molecule has 0 atom stereocenters. The van der Waals surface area contributed by atoms with Gasteiger partial charge in [-0.05, 0) is 25.1 Å². The molecular weight excluding hydrogens is 252 g/mol. The van der Waals surface area contributed by atoms with Crippen LogP contribution >= 0.6 is 0 Å². The fourth-order valence-electron chi connectivity index (χ4n) is 1.57. The van der Waals surface area contributed by atoms with E-state index >= 15 is 0 Å². The number of hydrogen-bond donors (Lipinski definition) is 2. The van der Waals surface area contributed by atoms with E-state index in [0.29, 0.717) is 18.2 Å². The summed E-state index contributed by atoms with van der Waals surface area (Å²) in [5.74, 6) is 0.138. The molecule has 0 fully saturated rings. The van der Waals surface area contributed by atoms with Crippen molar-refractivity contribution < 1.29 is 4.79 Å². The minimum absolute atomic E-state index is 0.266. The van der Waals surface area contributed by atoms with E-state index in [0.717, 1.165) is 11.3 Å². The average Bonchev–Trinajstić information content (AvgIpc) is 2.48. The van der Waals surface area contributed by atoms with Crippen molar-refractivity contribution >= 4 is 17.5 Å². The Morgan fingerprint density at radius 1 is 1.30 bits per heavy atom. The number of carbonyl (C=O) groups excluding carboxylic acids is 1. The standard InChI is InChI=1S/C15H16N4O/c1-3-9-16-15-17-10-8-13(19-15)14(20)18-12-6-4-11(2)5-7-12/h3-8,10H,1,9H2,2H3,(H,18,20)(H,16,17,19). The van der Waals surface area contributed by atoms with Gasteiger partial charge in [0.25, 0.3) is 5.91 Å². The summed E-state index contributed by atoms with van der Waals surface area (Å²) in [5, 5.41) is 5.73. The highest BCUT2D eigenvalue weighted by Gasteiger charge is 2.08. The summed E-state index contributed by atoms with van der Waals surface area (Å²) in [4.78, 5) is 20.2. The van der Waals surface area contributed by atoms with Crippen molar-refractivity contribution in [3.63, 3.8) is 0 Å². The zero-order valence-electron chi connectivity index (χ0n) is 11.3. The smallest absolute Gasteiger partial charge is 0.274 e. The molecule has 0 spiro atoms. The molecule has 2 aromatic rings. The highest BCUT2D eigenvalue weighted by atomic mass is 16.1. The lowest BCUT2D eigenvalue weighted by molar-refractivity contribution is 0.102. The second kappa shape index (κ2) is 6.47. The lowest BCUT2D eigenvalue weighted by atomic mass is 10.2. The van der Waals surface area contributed by atoms with Gasteiger partial charge < -0.3 is 10.6 Å². The van der Waals surface area contributed by atoms with Crippen LogP contribution in [0.1, 0.15) is 16.1 Å². The highest BCUT2D eigenvalue weighted by Crippen LogP contribution is 2.10. The molecule has 1 aromatic heterocycles. The summed E-state index contributed by atoms with van der Waals surface area (Å²) >= 11 is 0. The van der Waals surface area contributed by atoms with Gasteiger partial charge in [-0.15, -0.1) is 6.58 Å². The zero-order chi connectivity index (χ0) is 14.4. The number of nitrogens with zero attached hydrogens (tertiary/aromatic N) is 2. The summed E-state index contributed by atoms with van der Waals surface area (Å²) < 4.78 is 0. The quantitative estimate of drug-likeness (QED) is 0.818. The van der Waals surface area contributed by atoms with E-state index in [1.54, 1.807) is 18.3 Å². The maximum Gasteiger partial charge on any atom is 0.274 e. The van der Waals surface area contributed by atoms with Gasteiger partial charge in [0.05, 0.1) is 0 Å². The SMILES string of the molecule is C=CCNc1nccc(C(=O)Nc2ccc(C)cc2)n1. The van der Waals surface area contributed by atoms with Gasteiger partial charge in [0.2, 0.25) is 5.95 Å². The van der Waals surface area contributed by atoms with E-state index in [2.05, 4.69) is 27.2 Å². The van der Waals surface area contributed by atoms with Gasteiger partial charge >= 0.3 is 0 Å². The topological polar surface area (TPSA) is 66.9 Å². The first-order valence-electron chi connectivity index (χ1n) is 6.25. The van der Waals surface area contributed by atoms with Crippen molar-refractivity contribution in [3.05, 3.63) is 60.4 Å². The van der Waals surface area contributed by atoms with Crippen LogP contribution in [0, 0.1) is 6.92 Å². The molecule has 102 valence electrons. The molecule has 2 N–H and O–H groups in total. The third kappa shape index (κ3) is 3.65. The first-order chi connectivity index (χ1) is 9.69. The van der Waals surface area contributed by atoms with Crippen LogP contribution in [0.25, 0.3) is 0 Å². The number of rotatable bonds is 5. The van der Waals surface area contributed by atoms with Gasteiger partial charge in [0, 0.05) is 18.4 Å². The van der Waals surface area contributed by atoms with Crippen LogP contribution in [-0.2, 0) is 0 Å². The van der Waals surface area contributed by atoms with Gasteiger partial charge in [-0.25, -0.2) is 9.97 Å². The molecule has 5 heteroatoms. The molecule has 0 saturated heterocycles. The number of nitrogens with one attached hydrogen (secondary N) is 2. The molecule has 0 saturated carbocycles. The number of carbonyl (C=O) groups is 1. The van der Waals surface area contributed by atoms with Crippen LogP contribution in [0.2, 0.25) is 0 Å². The number of aryl methyl sites for hydroxylation is 1. The lowest BCUT2D eigenvalue weighted by Gasteiger charge is -2.06. The molecule has 1 aromatic carbocycles. The van der Waals surface area contributed by atoms with Crippen molar-refractivity contribution in [2.24, 2.45) is 0 Å². The Balaban J connectivity index is 2.08. The fraction of sp³-hybridized carbons (Fsp3) is 0.133. The number of hydrogen-bond acceptors (Lipinski definition) is 4. The van der Waals surface area contributed by atoms with Crippen LogP contribution in [0.15, 0.2) is 49.2 Å². The monoisotopic (exact) mass is 268 g/mol. The van der Waals surface area contributed by atoms with Gasteiger partial charge in [0.15, 0.2) is 0 Å². The first kappa shape index (κ1) is 13.7. The number of aromatic nitrogens is 2. The summed E-state index contributed by atoms with van der Waals surface area (Å²) in [6.07, 6.45) is 3.24. The first-order valence-corrected chi connectivity index (χ1v) is 6.25. The Morgan fingerprint density at radius 3 is 2.75 bits per heavy atom. The molecule has 1 amide bonds. The van der Waals surface area contributed by atoms with E-state index in [1.807, 2.05) is 31.2 Å². The Bertz CT molecular complexity index is 608. The van der Waals surface area contributed by atoms with Crippen molar-refractivity contribution in [2.75, 3.05) is 17.2 Å². The van der Waals surface area contributed by atoms with E-state index in [9.17, 15) is 4.79 Å². The van der Waals surface area contributed by atoms with Gasteiger partial charge in [-0.3, -0.25) is 4.79 Å². The van der Waals surface area contributed by atoms with Crippen molar-refractivity contribution in [2.45, 2.75) is 6.92 Å². The predicted octanol–water partition coefficient (Wildman–Crippen LogP) is 2.64. The molecule has 0 aliphatic carbocycles. The normalized spacial score (nSPS) is 9.85. The van der Waals surface area contributed by atoms with E-state index in [4.69, 9.17) is 0 Å². The summed E-state index contributed by atoms with van der Waals surface area (Å²) in [5.41, 5.74) is 2.19. The van der Waals surface area contributed by atoms with Crippen molar-refractivity contribution in [1.82, 2.24) is 9.97 Å². The molecule has 20 heavy (non-hydrogen) atoms. The fourth-order valence-corrected chi connectivity index (χ4v) is 1.57. The largest absolute Gasteiger partial charge is 0.351 e. The molecule has 1 heterocycles. The maximum atomic E-state index is 12.1. The van der Waals surface area contributed by atoms with Crippen LogP contribution in [0.4, 0.5) is 11.6 Å². The Hall–Kier alpha value is -2.69. The van der Waals surface area contributed by atoms with E-state index in [1.165, 1.54) is 0 Å². The summed E-state index contributed by atoms with van der Waals surface area (Å²) in [6.45, 7) is 6.14. The number of anilines is 2. The predicted molar refractivity (Wildman–Crippen MR) is 79.9 cm³/mol. The van der Waals surface area contributed by atoms with E-state index < -0.39 is 0 Å². The molecule has 0 aliphatic rings. The highest BCUT2D eigenvalue weighted by molar-refractivity contribution is 6.02. The van der Waals surface area contributed by atoms with E-state index in [-0.39, 0.29) is 5.91 Å². The molecule has 2 rings (SSSR count). The molecule has 0 radical (unpaired) electrons. The summed E-state index contributed by atoms with van der Waals surface area (Å²) in [7, 11) is 0.